The SMILES string of the molecule is COc1ccc(C(C)=O)cc1CC(=O)NCc1ccc2ccccc2c1. The Morgan fingerprint density at radius 3 is 2.46 bits per heavy atom. The molecule has 4 heteroatoms. The van der Waals surface area contributed by atoms with Crippen molar-refractivity contribution < 1.29 is 14.3 Å². The molecule has 0 atom stereocenters. The zero-order valence-corrected chi connectivity index (χ0v) is 14.9. The molecule has 0 aromatic heterocycles. The van der Waals surface area contributed by atoms with Crippen LogP contribution in [0.4, 0.5) is 0 Å². The fourth-order valence-electron chi connectivity index (χ4n) is 2.92. The molecule has 0 aliphatic heterocycles. The second-order valence-corrected chi connectivity index (χ2v) is 6.22. The highest BCUT2D eigenvalue weighted by Gasteiger charge is 2.11. The average molecular weight is 347 g/mol. The van der Waals surface area contributed by atoms with E-state index in [2.05, 4.69) is 29.6 Å². The maximum atomic E-state index is 12.3. The van der Waals surface area contributed by atoms with Gasteiger partial charge >= 0.3 is 0 Å². The van der Waals surface area contributed by atoms with Gasteiger partial charge in [0, 0.05) is 17.7 Å². The first-order valence-electron chi connectivity index (χ1n) is 8.49. The molecule has 0 aliphatic rings. The molecule has 1 amide bonds. The highest BCUT2D eigenvalue weighted by Crippen LogP contribution is 2.21. The number of methoxy groups -OCH3 is 1. The van der Waals surface area contributed by atoms with Crippen LogP contribution >= 0.6 is 0 Å². The van der Waals surface area contributed by atoms with Crippen molar-refractivity contribution in [1.29, 1.82) is 0 Å². The summed E-state index contributed by atoms with van der Waals surface area (Å²) in [4.78, 5) is 23.9. The van der Waals surface area contributed by atoms with Crippen LogP contribution in [0.5, 0.6) is 5.75 Å². The Kier molecular flexibility index (Phi) is 5.32. The predicted molar refractivity (Wildman–Crippen MR) is 102 cm³/mol. The second kappa shape index (κ2) is 7.83. The van der Waals surface area contributed by atoms with E-state index in [0.29, 0.717) is 23.4 Å². The first kappa shape index (κ1) is 17.7. The van der Waals surface area contributed by atoms with Crippen molar-refractivity contribution in [1.82, 2.24) is 5.32 Å². The number of rotatable bonds is 6. The number of carbonyl (C=O) groups is 2. The minimum Gasteiger partial charge on any atom is -0.496 e. The molecule has 0 bridgehead atoms. The molecular formula is C22H21NO3. The van der Waals surface area contributed by atoms with E-state index in [1.165, 1.54) is 12.3 Å². The van der Waals surface area contributed by atoms with E-state index in [0.717, 1.165) is 10.9 Å². The molecule has 3 aromatic carbocycles. The summed E-state index contributed by atoms with van der Waals surface area (Å²) in [5, 5.41) is 5.26. The van der Waals surface area contributed by atoms with Crippen molar-refractivity contribution in [3.63, 3.8) is 0 Å². The molecule has 0 unspecified atom stereocenters. The molecule has 0 saturated carbocycles. The zero-order chi connectivity index (χ0) is 18.5. The predicted octanol–water partition coefficient (Wildman–Crippen LogP) is 3.91. The van der Waals surface area contributed by atoms with E-state index >= 15 is 0 Å². The van der Waals surface area contributed by atoms with Gasteiger partial charge < -0.3 is 10.1 Å². The molecule has 0 heterocycles. The molecule has 0 fully saturated rings. The molecule has 0 saturated heterocycles. The molecule has 26 heavy (non-hydrogen) atoms. The summed E-state index contributed by atoms with van der Waals surface area (Å²) >= 11 is 0. The van der Waals surface area contributed by atoms with Gasteiger partial charge in [-0.2, -0.15) is 0 Å². The lowest BCUT2D eigenvalue weighted by atomic mass is 10.0. The first-order chi connectivity index (χ1) is 12.6. The number of benzene rings is 3. The maximum absolute atomic E-state index is 12.3. The number of hydrogen-bond acceptors (Lipinski definition) is 3. The summed E-state index contributed by atoms with van der Waals surface area (Å²) in [6, 6.07) is 19.4. The van der Waals surface area contributed by atoms with Gasteiger partial charge in [0.1, 0.15) is 5.75 Å². The van der Waals surface area contributed by atoms with E-state index < -0.39 is 0 Å². The summed E-state index contributed by atoms with van der Waals surface area (Å²) in [5.74, 6) is 0.457. The highest BCUT2D eigenvalue weighted by molar-refractivity contribution is 5.94. The van der Waals surface area contributed by atoms with Crippen molar-refractivity contribution in [2.24, 2.45) is 0 Å². The highest BCUT2D eigenvalue weighted by atomic mass is 16.5. The van der Waals surface area contributed by atoms with Crippen LogP contribution in [0.1, 0.15) is 28.4 Å². The molecule has 132 valence electrons. The number of Topliss-reactive ketones (excluding diaryl/α,β-unsaturated/α-hetero) is 1. The van der Waals surface area contributed by atoms with Gasteiger partial charge in [0.15, 0.2) is 5.78 Å². The van der Waals surface area contributed by atoms with Gasteiger partial charge in [-0.25, -0.2) is 0 Å². The summed E-state index contributed by atoms with van der Waals surface area (Å²) in [6.07, 6.45) is 0.165. The topological polar surface area (TPSA) is 55.4 Å². The lowest BCUT2D eigenvalue weighted by molar-refractivity contribution is -0.120. The van der Waals surface area contributed by atoms with Crippen LogP contribution in [0, 0.1) is 0 Å². The summed E-state index contributed by atoms with van der Waals surface area (Å²) < 4.78 is 5.30. The van der Waals surface area contributed by atoms with Crippen molar-refractivity contribution in [2.45, 2.75) is 19.9 Å². The molecule has 1 N–H and O–H groups in total. The van der Waals surface area contributed by atoms with E-state index in [-0.39, 0.29) is 18.1 Å². The van der Waals surface area contributed by atoms with Crippen LogP contribution in [0.25, 0.3) is 10.8 Å². The number of hydrogen-bond donors (Lipinski definition) is 1. The van der Waals surface area contributed by atoms with Crippen molar-refractivity contribution in [3.05, 3.63) is 77.4 Å². The Labute approximate surface area is 152 Å². The van der Waals surface area contributed by atoms with Crippen LogP contribution in [0.15, 0.2) is 60.7 Å². The number of ketones is 1. The Bertz CT molecular complexity index is 963. The smallest absolute Gasteiger partial charge is 0.224 e. The third-order valence-electron chi connectivity index (χ3n) is 4.34. The van der Waals surface area contributed by atoms with Gasteiger partial charge in [0.25, 0.3) is 0 Å². The molecule has 3 rings (SSSR count). The van der Waals surface area contributed by atoms with Gasteiger partial charge in [0.05, 0.1) is 13.5 Å². The molecule has 4 nitrogen and oxygen atoms in total. The molecule has 0 radical (unpaired) electrons. The van der Waals surface area contributed by atoms with E-state index in [9.17, 15) is 9.59 Å². The lowest BCUT2D eigenvalue weighted by Gasteiger charge is -2.11. The average Bonchev–Trinajstić information content (AvgIpc) is 2.66. The molecule has 0 spiro atoms. The minimum absolute atomic E-state index is 0.0366. The van der Waals surface area contributed by atoms with E-state index in [1.807, 2.05) is 18.2 Å². The normalized spacial score (nSPS) is 10.5. The third kappa shape index (κ3) is 4.09. The lowest BCUT2D eigenvalue weighted by Crippen LogP contribution is -2.24. The number of nitrogens with one attached hydrogen (secondary N) is 1. The summed E-state index contributed by atoms with van der Waals surface area (Å²) in [7, 11) is 1.55. The van der Waals surface area contributed by atoms with Crippen LogP contribution < -0.4 is 10.1 Å². The van der Waals surface area contributed by atoms with Gasteiger partial charge in [-0.3, -0.25) is 9.59 Å². The number of amides is 1. The Morgan fingerprint density at radius 1 is 0.962 bits per heavy atom. The fraction of sp³-hybridized carbons (Fsp3) is 0.182. The Morgan fingerprint density at radius 2 is 1.73 bits per heavy atom. The van der Waals surface area contributed by atoms with Crippen LogP contribution in [0.3, 0.4) is 0 Å². The Balaban J connectivity index is 1.68. The number of fused-ring (bicyclic) bond motifs is 1. The van der Waals surface area contributed by atoms with E-state index in [1.54, 1.807) is 25.3 Å². The van der Waals surface area contributed by atoms with Crippen LogP contribution in [0.2, 0.25) is 0 Å². The van der Waals surface area contributed by atoms with Crippen LogP contribution in [-0.4, -0.2) is 18.8 Å². The summed E-state index contributed by atoms with van der Waals surface area (Å²) in [6.45, 7) is 1.96. The summed E-state index contributed by atoms with van der Waals surface area (Å²) in [5.41, 5.74) is 2.32. The van der Waals surface area contributed by atoms with Gasteiger partial charge in [-0.1, -0.05) is 36.4 Å². The monoisotopic (exact) mass is 347 g/mol. The quantitative estimate of drug-likeness (QED) is 0.688. The van der Waals surface area contributed by atoms with Crippen LogP contribution in [-0.2, 0) is 17.8 Å². The van der Waals surface area contributed by atoms with Gasteiger partial charge in [0.2, 0.25) is 5.91 Å². The first-order valence-corrected chi connectivity index (χ1v) is 8.49. The van der Waals surface area contributed by atoms with Gasteiger partial charge in [-0.05, 0) is 47.5 Å². The number of ether oxygens (including phenoxy) is 1. The second-order valence-electron chi connectivity index (χ2n) is 6.22. The maximum Gasteiger partial charge on any atom is 0.224 e. The largest absolute Gasteiger partial charge is 0.496 e. The molecular weight excluding hydrogens is 326 g/mol. The molecule has 3 aromatic rings. The van der Waals surface area contributed by atoms with Crippen molar-refractivity contribution in [3.8, 4) is 5.75 Å². The minimum atomic E-state index is -0.114. The van der Waals surface area contributed by atoms with E-state index in [4.69, 9.17) is 4.74 Å². The molecule has 0 aliphatic carbocycles. The standard InChI is InChI=1S/C22H21NO3/c1-15(24)18-9-10-21(26-2)20(12-18)13-22(25)23-14-16-7-8-17-5-3-4-6-19(17)11-16/h3-12H,13-14H2,1-2H3,(H,23,25). The Hall–Kier alpha value is -3.14. The number of carbonyl (C=O) groups excluding carboxylic acids is 2. The van der Waals surface area contributed by atoms with Gasteiger partial charge in [-0.15, -0.1) is 0 Å². The fourth-order valence-corrected chi connectivity index (χ4v) is 2.92. The third-order valence-corrected chi connectivity index (χ3v) is 4.34. The zero-order valence-electron chi connectivity index (χ0n) is 14.9. The van der Waals surface area contributed by atoms with Crippen molar-refractivity contribution >= 4 is 22.5 Å². The van der Waals surface area contributed by atoms with Crippen molar-refractivity contribution in [2.75, 3.05) is 7.11 Å².